The van der Waals surface area contributed by atoms with E-state index in [0.29, 0.717) is 12.3 Å². The number of aryl methyl sites for hydroxylation is 3. The Morgan fingerprint density at radius 1 is 0.939 bits per heavy atom. The number of nitrogens with one attached hydrogen (secondary N) is 1. The largest absolute Gasteiger partial charge is 0.352 e. The van der Waals surface area contributed by atoms with E-state index in [1.54, 1.807) is 16.7 Å². The second kappa shape index (κ2) is 12.3. The summed E-state index contributed by atoms with van der Waals surface area (Å²) in [5.74, 6) is 1.12. The molecule has 0 spiro atoms. The number of hydrogen-bond donors (Lipinski definition) is 1. The van der Waals surface area contributed by atoms with Crippen molar-refractivity contribution in [3.63, 3.8) is 0 Å². The number of hydrogen-bond acceptors (Lipinski definition) is 3. The zero-order chi connectivity index (χ0) is 23.8. The first-order valence-electron chi connectivity index (χ1n) is 12.1. The monoisotopic (exact) mass is 466 g/mol. The zero-order valence-corrected chi connectivity index (χ0v) is 21.3. The third-order valence-electron chi connectivity index (χ3n) is 6.37. The van der Waals surface area contributed by atoms with Crippen LogP contribution in [0.4, 0.5) is 0 Å². The number of benzene rings is 2. The minimum absolute atomic E-state index is 0.0104. The molecule has 178 valence electrons. The fraction of sp³-hybridized carbons (Fsp3) is 0.500. The van der Waals surface area contributed by atoms with Crippen LogP contribution in [0.15, 0.2) is 42.5 Å². The van der Waals surface area contributed by atoms with Crippen molar-refractivity contribution < 1.29 is 9.59 Å². The Morgan fingerprint density at radius 2 is 1.58 bits per heavy atom. The topological polar surface area (TPSA) is 49.4 Å². The van der Waals surface area contributed by atoms with Gasteiger partial charge >= 0.3 is 0 Å². The van der Waals surface area contributed by atoms with E-state index in [-0.39, 0.29) is 17.9 Å². The maximum absolute atomic E-state index is 13.3. The Morgan fingerprint density at radius 3 is 2.21 bits per heavy atom. The van der Waals surface area contributed by atoms with Crippen molar-refractivity contribution >= 4 is 23.6 Å². The lowest BCUT2D eigenvalue weighted by Crippen LogP contribution is -2.50. The fourth-order valence-electron chi connectivity index (χ4n) is 4.53. The van der Waals surface area contributed by atoms with Gasteiger partial charge in [-0.05, 0) is 51.7 Å². The van der Waals surface area contributed by atoms with Gasteiger partial charge in [-0.15, -0.1) is 11.8 Å². The average Bonchev–Trinajstić information content (AvgIpc) is 2.78. The molecule has 0 saturated heterocycles. The Bertz CT molecular complexity index is 915. The molecular formula is C28H38N2O2S. The summed E-state index contributed by atoms with van der Waals surface area (Å²) in [6, 6.07) is 14.5. The summed E-state index contributed by atoms with van der Waals surface area (Å²) in [5, 5.41) is 3.20. The Balaban J connectivity index is 1.65. The highest BCUT2D eigenvalue weighted by Gasteiger charge is 2.28. The predicted molar refractivity (Wildman–Crippen MR) is 138 cm³/mol. The molecule has 4 nitrogen and oxygen atoms in total. The lowest BCUT2D eigenvalue weighted by molar-refractivity contribution is -0.139. The van der Waals surface area contributed by atoms with Crippen molar-refractivity contribution in [2.45, 2.75) is 84.2 Å². The van der Waals surface area contributed by atoms with Gasteiger partial charge in [0.25, 0.3) is 0 Å². The van der Waals surface area contributed by atoms with E-state index in [4.69, 9.17) is 0 Å². The van der Waals surface area contributed by atoms with Gasteiger partial charge in [0.05, 0.1) is 5.75 Å². The number of carbonyl (C=O) groups is 2. The minimum Gasteiger partial charge on any atom is -0.352 e. The molecule has 1 fully saturated rings. The molecule has 5 heteroatoms. The molecule has 33 heavy (non-hydrogen) atoms. The van der Waals surface area contributed by atoms with Gasteiger partial charge in [-0.2, -0.15) is 0 Å². The summed E-state index contributed by atoms with van der Waals surface area (Å²) >= 11 is 1.62. The number of thioether (sulfide) groups is 1. The van der Waals surface area contributed by atoms with Crippen molar-refractivity contribution in [1.82, 2.24) is 10.2 Å². The summed E-state index contributed by atoms with van der Waals surface area (Å²) in [6.45, 7) is 8.56. The van der Waals surface area contributed by atoms with E-state index in [0.717, 1.165) is 24.2 Å². The van der Waals surface area contributed by atoms with Crippen molar-refractivity contribution in [3.05, 3.63) is 70.3 Å². The van der Waals surface area contributed by atoms with Gasteiger partial charge in [0.1, 0.15) is 6.04 Å². The van der Waals surface area contributed by atoms with Gasteiger partial charge in [0.2, 0.25) is 11.8 Å². The highest BCUT2D eigenvalue weighted by molar-refractivity contribution is 7.99. The summed E-state index contributed by atoms with van der Waals surface area (Å²) < 4.78 is 0. The van der Waals surface area contributed by atoms with Gasteiger partial charge in [-0.1, -0.05) is 78.4 Å². The van der Waals surface area contributed by atoms with Crippen LogP contribution < -0.4 is 5.32 Å². The van der Waals surface area contributed by atoms with E-state index >= 15 is 0 Å². The number of carbonyl (C=O) groups excluding carboxylic acids is 2. The van der Waals surface area contributed by atoms with Gasteiger partial charge in [-0.25, -0.2) is 0 Å². The Labute approximate surface area is 203 Å². The first-order valence-corrected chi connectivity index (χ1v) is 13.3. The third kappa shape index (κ3) is 7.92. The lowest BCUT2D eigenvalue weighted by Gasteiger charge is -2.31. The van der Waals surface area contributed by atoms with E-state index in [1.165, 1.54) is 41.5 Å². The molecule has 2 aromatic rings. The van der Waals surface area contributed by atoms with Gasteiger partial charge in [0.15, 0.2) is 0 Å². The second-order valence-corrected chi connectivity index (χ2v) is 10.5. The standard InChI is InChI=1S/C28H38N2O2S/c1-20-10-12-24(13-11-20)17-30(23(4)28(32)29-26-8-6-5-7-9-26)27(31)19-33-18-25-15-21(2)14-22(3)16-25/h10-16,23,26H,5-9,17-19H2,1-4H3,(H,29,32). The zero-order valence-electron chi connectivity index (χ0n) is 20.5. The molecule has 0 heterocycles. The number of nitrogens with zero attached hydrogens (tertiary/aromatic N) is 1. The van der Waals surface area contributed by atoms with Gasteiger partial charge in [0, 0.05) is 18.3 Å². The minimum atomic E-state index is -0.498. The molecule has 1 aliphatic carbocycles. The molecule has 2 aromatic carbocycles. The second-order valence-electron chi connectivity index (χ2n) is 9.52. The third-order valence-corrected chi connectivity index (χ3v) is 7.36. The van der Waals surface area contributed by atoms with Crippen LogP contribution in [0, 0.1) is 20.8 Å². The van der Waals surface area contributed by atoms with E-state index in [2.05, 4.69) is 56.4 Å². The molecule has 1 aliphatic rings. The molecule has 1 unspecified atom stereocenters. The highest BCUT2D eigenvalue weighted by atomic mass is 32.2. The van der Waals surface area contributed by atoms with Crippen LogP contribution in [0.1, 0.15) is 66.8 Å². The van der Waals surface area contributed by atoms with Crippen molar-refractivity contribution in [2.75, 3.05) is 5.75 Å². The lowest BCUT2D eigenvalue weighted by atomic mass is 9.95. The predicted octanol–water partition coefficient (Wildman–Crippen LogP) is 5.71. The normalized spacial score (nSPS) is 15.2. The fourth-order valence-corrected chi connectivity index (χ4v) is 5.38. The summed E-state index contributed by atoms with van der Waals surface area (Å²) in [4.78, 5) is 28.1. The van der Waals surface area contributed by atoms with Crippen LogP contribution in [-0.2, 0) is 21.9 Å². The van der Waals surface area contributed by atoms with E-state index in [9.17, 15) is 9.59 Å². The molecule has 1 atom stereocenters. The van der Waals surface area contributed by atoms with Crippen molar-refractivity contribution in [2.24, 2.45) is 0 Å². The average molecular weight is 467 g/mol. The molecule has 1 saturated carbocycles. The first-order chi connectivity index (χ1) is 15.8. The van der Waals surface area contributed by atoms with Crippen molar-refractivity contribution in [1.29, 1.82) is 0 Å². The molecule has 0 radical (unpaired) electrons. The van der Waals surface area contributed by atoms with Crippen LogP contribution in [0.3, 0.4) is 0 Å². The van der Waals surface area contributed by atoms with Crippen LogP contribution in [0.2, 0.25) is 0 Å². The summed E-state index contributed by atoms with van der Waals surface area (Å²) in [7, 11) is 0. The maximum atomic E-state index is 13.3. The molecule has 1 N–H and O–H groups in total. The highest BCUT2D eigenvalue weighted by Crippen LogP contribution is 2.20. The molecule has 0 bridgehead atoms. The molecular weight excluding hydrogens is 428 g/mol. The van der Waals surface area contributed by atoms with Crippen LogP contribution >= 0.6 is 11.8 Å². The van der Waals surface area contributed by atoms with Crippen LogP contribution in [-0.4, -0.2) is 34.6 Å². The molecule has 2 amide bonds. The Kier molecular flexibility index (Phi) is 9.42. The summed E-state index contributed by atoms with van der Waals surface area (Å²) in [5.41, 5.74) is 5.95. The quantitative estimate of drug-likeness (QED) is 0.515. The van der Waals surface area contributed by atoms with Gasteiger partial charge < -0.3 is 10.2 Å². The van der Waals surface area contributed by atoms with Crippen LogP contribution in [0.25, 0.3) is 0 Å². The van der Waals surface area contributed by atoms with E-state index in [1.807, 2.05) is 19.1 Å². The molecule has 0 aromatic heterocycles. The van der Waals surface area contributed by atoms with Gasteiger partial charge in [-0.3, -0.25) is 9.59 Å². The SMILES string of the molecule is Cc1ccc(CN(C(=O)CSCc2cc(C)cc(C)c2)C(C)C(=O)NC2CCCCC2)cc1. The maximum Gasteiger partial charge on any atom is 0.242 e. The first kappa shape index (κ1) is 25.4. The number of rotatable bonds is 9. The number of amides is 2. The van der Waals surface area contributed by atoms with E-state index < -0.39 is 6.04 Å². The Hall–Kier alpha value is -2.27. The molecule has 3 rings (SSSR count). The molecule has 0 aliphatic heterocycles. The van der Waals surface area contributed by atoms with Crippen LogP contribution in [0.5, 0.6) is 0 Å². The smallest absolute Gasteiger partial charge is 0.242 e. The summed E-state index contributed by atoms with van der Waals surface area (Å²) in [6.07, 6.45) is 5.66. The van der Waals surface area contributed by atoms with Crippen molar-refractivity contribution in [3.8, 4) is 0 Å².